The Labute approximate surface area is 119 Å². The summed E-state index contributed by atoms with van der Waals surface area (Å²) in [4.78, 5) is 14.6. The molecule has 2 heterocycles. The minimum atomic E-state index is -0.501. The molecule has 0 aliphatic carbocycles. The van der Waals surface area contributed by atoms with Gasteiger partial charge in [0.15, 0.2) is 11.5 Å². The Morgan fingerprint density at radius 2 is 2.10 bits per heavy atom. The normalized spacial score (nSPS) is 10.9. The Kier molecular flexibility index (Phi) is 2.91. The Bertz CT molecular complexity index is 826. The van der Waals surface area contributed by atoms with E-state index in [0.29, 0.717) is 11.3 Å². The molecule has 0 aliphatic heterocycles. The fourth-order valence-corrected chi connectivity index (χ4v) is 2.23. The highest BCUT2D eigenvalue weighted by Crippen LogP contribution is 2.34. The van der Waals surface area contributed by atoms with E-state index in [0.717, 1.165) is 10.9 Å². The molecule has 3 rings (SSSR count). The molecule has 0 N–H and O–H groups in total. The van der Waals surface area contributed by atoms with Crippen LogP contribution in [0.15, 0.2) is 40.8 Å². The second kappa shape index (κ2) is 4.61. The minimum Gasteiger partial charge on any atom is -0.454 e. The van der Waals surface area contributed by atoms with Gasteiger partial charge in [0.1, 0.15) is 10.7 Å². The largest absolute Gasteiger partial charge is 0.454 e. The average Bonchev–Trinajstić information content (AvgIpc) is 2.83. The third-order valence-electron chi connectivity index (χ3n) is 3.01. The third-order valence-corrected chi connectivity index (χ3v) is 3.22. The molecular formula is C14H9ClN2O3. The first-order chi connectivity index (χ1) is 9.56. The third kappa shape index (κ3) is 2.02. The monoisotopic (exact) mass is 288 g/mol. The zero-order chi connectivity index (χ0) is 14.3. The summed E-state index contributed by atoms with van der Waals surface area (Å²) >= 11 is 5.83. The summed E-state index contributed by atoms with van der Waals surface area (Å²) in [5.74, 6) is 0.337. The lowest BCUT2D eigenvalue weighted by Crippen LogP contribution is -1.94. The molecule has 2 aromatic heterocycles. The van der Waals surface area contributed by atoms with E-state index in [1.807, 2.05) is 25.1 Å². The first-order valence-electron chi connectivity index (χ1n) is 5.87. The molecule has 0 amide bonds. The summed E-state index contributed by atoms with van der Waals surface area (Å²) < 4.78 is 5.71. The van der Waals surface area contributed by atoms with Crippen LogP contribution in [0.3, 0.4) is 0 Å². The summed E-state index contributed by atoms with van der Waals surface area (Å²) in [6, 6.07) is 10.1. The van der Waals surface area contributed by atoms with Crippen LogP contribution in [-0.4, -0.2) is 9.91 Å². The van der Waals surface area contributed by atoms with Crippen molar-refractivity contribution in [2.75, 3.05) is 0 Å². The first-order valence-corrected chi connectivity index (χ1v) is 6.24. The smallest absolute Gasteiger partial charge is 0.298 e. The van der Waals surface area contributed by atoms with Gasteiger partial charge in [-0.3, -0.25) is 10.1 Å². The number of nitro groups is 1. The van der Waals surface area contributed by atoms with E-state index in [-0.39, 0.29) is 16.5 Å². The number of fused-ring (bicyclic) bond motifs is 1. The van der Waals surface area contributed by atoms with Crippen LogP contribution in [-0.2, 0) is 0 Å². The van der Waals surface area contributed by atoms with Crippen LogP contribution in [0.1, 0.15) is 5.56 Å². The minimum absolute atomic E-state index is 0.133. The van der Waals surface area contributed by atoms with Crippen LogP contribution >= 0.6 is 11.6 Å². The molecule has 20 heavy (non-hydrogen) atoms. The first kappa shape index (κ1) is 12.6. The number of rotatable bonds is 2. The highest BCUT2D eigenvalue weighted by molar-refractivity contribution is 6.29. The highest BCUT2D eigenvalue weighted by atomic mass is 35.5. The number of aryl methyl sites for hydroxylation is 1. The predicted octanol–water partition coefficient (Wildman–Crippen LogP) is 4.36. The molecule has 0 aliphatic rings. The van der Waals surface area contributed by atoms with Crippen molar-refractivity contribution < 1.29 is 9.34 Å². The number of nitrogens with zero attached hydrogens (tertiary/aromatic N) is 2. The number of aromatic nitrogens is 1. The van der Waals surface area contributed by atoms with Gasteiger partial charge in [0, 0.05) is 11.5 Å². The van der Waals surface area contributed by atoms with Gasteiger partial charge in [-0.25, -0.2) is 4.98 Å². The van der Waals surface area contributed by atoms with Gasteiger partial charge < -0.3 is 4.42 Å². The molecule has 6 heteroatoms. The predicted molar refractivity (Wildman–Crippen MR) is 75.8 cm³/mol. The van der Waals surface area contributed by atoms with Crippen molar-refractivity contribution in [3.05, 3.63) is 57.2 Å². The fourth-order valence-electron chi connectivity index (χ4n) is 2.08. The lowest BCUT2D eigenvalue weighted by molar-refractivity contribution is -0.384. The van der Waals surface area contributed by atoms with Crippen molar-refractivity contribution in [3.8, 4) is 11.5 Å². The van der Waals surface area contributed by atoms with E-state index in [4.69, 9.17) is 16.0 Å². The molecule has 100 valence electrons. The van der Waals surface area contributed by atoms with Crippen LogP contribution in [0.2, 0.25) is 5.15 Å². The van der Waals surface area contributed by atoms with Crippen LogP contribution < -0.4 is 0 Å². The Balaban J connectivity index is 2.27. The highest BCUT2D eigenvalue weighted by Gasteiger charge is 2.21. The second-order valence-electron chi connectivity index (χ2n) is 4.36. The van der Waals surface area contributed by atoms with Gasteiger partial charge in [-0.1, -0.05) is 29.8 Å². The molecule has 5 nitrogen and oxygen atoms in total. The Morgan fingerprint density at radius 1 is 1.30 bits per heavy atom. The Hall–Kier alpha value is -2.40. The lowest BCUT2D eigenvalue weighted by atomic mass is 10.1. The van der Waals surface area contributed by atoms with Crippen molar-refractivity contribution in [2.24, 2.45) is 0 Å². The average molecular weight is 289 g/mol. The van der Waals surface area contributed by atoms with Crippen molar-refractivity contribution >= 4 is 28.3 Å². The van der Waals surface area contributed by atoms with E-state index in [9.17, 15) is 10.1 Å². The van der Waals surface area contributed by atoms with Gasteiger partial charge >= 0.3 is 0 Å². The maximum absolute atomic E-state index is 11.1. The standard InChI is InChI=1S/C14H9ClN2O3/c1-8-3-2-4-9-7-11(20-14(8)9)13-10(17(18)19)5-6-12(15)16-13/h2-7H,1H3. The van der Waals surface area contributed by atoms with Crippen LogP contribution in [0.25, 0.3) is 22.4 Å². The zero-order valence-electron chi connectivity index (χ0n) is 10.5. The number of hydrogen-bond acceptors (Lipinski definition) is 4. The maximum atomic E-state index is 11.1. The van der Waals surface area contributed by atoms with Crippen LogP contribution in [0.5, 0.6) is 0 Å². The number of benzene rings is 1. The molecule has 0 unspecified atom stereocenters. The summed E-state index contributed by atoms with van der Waals surface area (Å²) in [6.07, 6.45) is 0. The van der Waals surface area contributed by atoms with Crippen LogP contribution in [0.4, 0.5) is 5.69 Å². The number of furan rings is 1. The number of halogens is 1. The topological polar surface area (TPSA) is 69.2 Å². The zero-order valence-corrected chi connectivity index (χ0v) is 11.2. The molecule has 0 bridgehead atoms. The van der Waals surface area contributed by atoms with E-state index in [1.54, 1.807) is 6.07 Å². The fraction of sp³-hybridized carbons (Fsp3) is 0.0714. The molecule has 0 radical (unpaired) electrons. The van der Waals surface area contributed by atoms with E-state index in [1.165, 1.54) is 12.1 Å². The number of pyridine rings is 1. The van der Waals surface area contributed by atoms with Crippen molar-refractivity contribution in [2.45, 2.75) is 6.92 Å². The van der Waals surface area contributed by atoms with Gasteiger partial charge in [0.05, 0.1) is 4.92 Å². The summed E-state index contributed by atoms with van der Waals surface area (Å²) in [6.45, 7) is 1.91. The molecule has 3 aromatic rings. The second-order valence-corrected chi connectivity index (χ2v) is 4.75. The Morgan fingerprint density at radius 3 is 2.80 bits per heavy atom. The van der Waals surface area contributed by atoms with Crippen molar-refractivity contribution in [1.29, 1.82) is 0 Å². The van der Waals surface area contributed by atoms with Crippen molar-refractivity contribution in [3.63, 3.8) is 0 Å². The summed E-state index contributed by atoms with van der Waals surface area (Å²) in [7, 11) is 0. The molecular weight excluding hydrogens is 280 g/mol. The lowest BCUT2D eigenvalue weighted by Gasteiger charge is -1.99. The van der Waals surface area contributed by atoms with Gasteiger partial charge in [-0.2, -0.15) is 0 Å². The quantitative estimate of drug-likeness (QED) is 0.399. The van der Waals surface area contributed by atoms with Gasteiger partial charge in [0.2, 0.25) is 0 Å². The van der Waals surface area contributed by atoms with E-state index in [2.05, 4.69) is 4.98 Å². The molecule has 1 aromatic carbocycles. The SMILES string of the molecule is Cc1cccc2cc(-c3nc(Cl)ccc3[N+](=O)[O-])oc12. The molecule has 0 fully saturated rings. The number of hydrogen-bond donors (Lipinski definition) is 0. The van der Waals surface area contributed by atoms with Gasteiger partial charge in [0.25, 0.3) is 5.69 Å². The number of para-hydroxylation sites is 1. The van der Waals surface area contributed by atoms with Gasteiger partial charge in [-0.05, 0) is 24.6 Å². The van der Waals surface area contributed by atoms with E-state index >= 15 is 0 Å². The van der Waals surface area contributed by atoms with Crippen LogP contribution in [0, 0.1) is 17.0 Å². The molecule has 0 spiro atoms. The summed E-state index contributed by atoms with van der Waals surface area (Å²) in [5, 5.41) is 12.1. The molecule has 0 atom stereocenters. The summed E-state index contributed by atoms with van der Waals surface area (Å²) in [5.41, 5.74) is 1.65. The molecule has 0 saturated carbocycles. The van der Waals surface area contributed by atoms with E-state index < -0.39 is 4.92 Å². The van der Waals surface area contributed by atoms with Crippen molar-refractivity contribution in [1.82, 2.24) is 4.98 Å². The maximum Gasteiger partial charge on any atom is 0.298 e. The van der Waals surface area contributed by atoms with Gasteiger partial charge in [-0.15, -0.1) is 0 Å². The molecule has 0 saturated heterocycles.